The largest absolute Gasteiger partial charge is 0.303 e. The summed E-state index contributed by atoms with van der Waals surface area (Å²) >= 11 is 0. The number of aldehydes is 2. The van der Waals surface area contributed by atoms with E-state index in [4.69, 9.17) is 0 Å². The summed E-state index contributed by atoms with van der Waals surface area (Å²) in [6.45, 7) is 4.09. The summed E-state index contributed by atoms with van der Waals surface area (Å²) in [7, 11) is 0. The van der Waals surface area contributed by atoms with Gasteiger partial charge < -0.3 is 9.59 Å². The second-order valence-electron chi connectivity index (χ2n) is 2.56. The van der Waals surface area contributed by atoms with Gasteiger partial charge in [0.25, 0.3) is 0 Å². The number of carbonyl (C=O) groups excluding carboxylic acids is 2. The number of hydrogen-bond acceptors (Lipinski definition) is 2. The van der Waals surface area contributed by atoms with Gasteiger partial charge in [0, 0.05) is 12.8 Å². The lowest BCUT2D eigenvalue weighted by molar-refractivity contribution is -0.107. The summed E-state index contributed by atoms with van der Waals surface area (Å²) in [5.74, 6) is 0. The molecule has 0 amide bonds. The van der Waals surface area contributed by atoms with Crippen LogP contribution in [0.15, 0.2) is 24.3 Å². The minimum Gasteiger partial charge on any atom is -0.303 e. The third-order valence-corrected chi connectivity index (χ3v) is 1.27. The fourth-order valence-electron chi connectivity index (χ4n) is 0.637. The molecular weight excluding hydrogens is 176 g/mol. The predicted octanol–water partition coefficient (Wildman–Crippen LogP) is 3.08. The first kappa shape index (κ1) is 15.3. The van der Waals surface area contributed by atoms with E-state index in [0.717, 1.165) is 25.4 Å². The van der Waals surface area contributed by atoms with E-state index in [1.807, 2.05) is 38.2 Å². The van der Waals surface area contributed by atoms with Crippen molar-refractivity contribution < 1.29 is 9.59 Å². The molecule has 0 aliphatic carbocycles. The van der Waals surface area contributed by atoms with Crippen LogP contribution in [0.2, 0.25) is 0 Å². The topological polar surface area (TPSA) is 34.1 Å². The van der Waals surface area contributed by atoms with Gasteiger partial charge in [0.05, 0.1) is 0 Å². The summed E-state index contributed by atoms with van der Waals surface area (Å²) in [5, 5.41) is 0. The van der Waals surface area contributed by atoms with Crippen LogP contribution >= 0.6 is 0 Å². The molecule has 0 N–H and O–H groups in total. The molecule has 0 aromatic rings. The van der Waals surface area contributed by atoms with Gasteiger partial charge in [-0.3, -0.25) is 0 Å². The van der Waals surface area contributed by atoms with Gasteiger partial charge in [-0.25, -0.2) is 0 Å². The van der Waals surface area contributed by atoms with Gasteiger partial charge in [-0.1, -0.05) is 38.2 Å². The lowest BCUT2D eigenvalue weighted by Crippen LogP contribution is -1.63. The molecule has 0 saturated heterocycles. The predicted molar refractivity (Wildman–Crippen MR) is 60.2 cm³/mol. The molecule has 0 heterocycles. The van der Waals surface area contributed by atoms with Crippen molar-refractivity contribution in [3.05, 3.63) is 24.3 Å². The molecule has 0 saturated carbocycles. The molecule has 0 bridgehead atoms. The highest BCUT2D eigenvalue weighted by Crippen LogP contribution is 1.80. The lowest BCUT2D eigenvalue weighted by atomic mass is 10.3. The van der Waals surface area contributed by atoms with Crippen LogP contribution in [-0.2, 0) is 9.59 Å². The zero-order chi connectivity index (χ0) is 11.1. The van der Waals surface area contributed by atoms with Gasteiger partial charge in [0.1, 0.15) is 12.6 Å². The summed E-state index contributed by atoms with van der Waals surface area (Å²) in [6.07, 6.45) is 12.7. The summed E-state index contributed by atoms with van der Waals surface area (Å²) in [4.78, 5) is 19.3. The second kappa shape index (κ2) is 17.8. The molecule has 0 spiro atoms. The van der Waals surface area contributed by atoms with Gasteiger partial charge >= 0.3 is 0 Å². The van der Waals surface area contributed by atoms with Gasteiger partial charge in [-0.15, -0.1) is 0 Å². The third kappa shape index (κ3) is 22.4. The molecule has 80 valence electrons. The highest BCUT2D eigenvalue weighted by Gasteiger charge is 1.67. The molecule has 14 heavy (non-hydrogen) atoms. The molecule has 0 radical (unpaired) electrons. The zero-order valence-corrected chi connectivity index (χ0v) is 9.11. The maximum Gasteiger partial charge on any atom is 0.123 e. The fourth-order valence-corrected chi connectivity index (χ4v) is 0.637. The van der Waals surface area contributed by atoms with Crippen molar-refractivity contribution in [3.8, 4) is 0 Å². The molecule has 0 unspecified atom stereocenters. The quantitative estimate of drug-likeness (QED) is 0.483. The molecule has 0 aromatic carbocycles. The number of rotatable bonds is 6. The van der Waals surface area contributed by atoms with Crippen molar-refractivity contribution in [2.75, 3.05) is 0 Å². The van der Waals surface area contributed by atoms with Crippen LogP contribution < -0.4 is 0 Å². The minimum absolute atomic E-state index is 0.563. The van der Waals surface area contributed by atoms with Crippen LogP contribution in [0.3, 0.4) is 0 Å². The maximum absolute atomic E-state index is 9.63. The molecule has 0 rings (SSSR count). The molecular formula is C12H20O2. The van der Waals surface area contributed by atoms with Crippen LogP contribution in [0.25, 0.3) is 0 Å². The Morgan fingerprint density at radius 3 is 1.29 bits per heavy atom. The van der Waals surface area contributed by atoms with Crippen LogP contribution in [0.1, 0.15) is 39.5 Å². The van der Waals surface area contributed by atoms with E-state index in [1.54, 1.807) is 0 Å². The van der Waals surface area contributed by atoms with E-state index >= 15 is 0 Å². The van der Waals surface area contributed by atoms with Gasteiger partial charge in [-0.05, 0) is 12.8 Å². The SMILES string of the molecule is CC/C=C\CC=O.CC/C=C\CC=O. The van der Waals surface area contributed by atoms with E-state index in [0.29, 0.717) is 12.8 Å². The van der Waals surface area contributed by atoms with E-state index in [9.17, 15) is 9.59 Å². The Kier molecular flexibility index (Phi) is 19.4. The van der Waals surface area contributed by atoms with Crippen molar-refractivity contribution in [3.63, 3.8) is 0 Å². The minimum atomic E-state index is 0.563. The average molecular weight is 196 g/mol. The van der Waals surface area contributed by atoms with Crippen LogP contribution in [0.4, 0.5) is 0 Å². The summed E-state index contributed by atoms with van der Waals surface area (Å²) in [6, 6.07) is 0. The van der Waals surface area contributed by atoms with E-state index in [-0.39, 0.29) is 0 Å². The Labute approximate surface area is 86.7 Å². The summed E-state index contributed by atoms with van der Waals surface area (Å²) < 4.78 is 0. The maximum atomic E-state index is 9.63. The van der Waals surface area contributed by atoms with Crippen molar-refractivity contribution in [2.24, 2.45) is 0 Å². The van der Waals surface area contributed by atoms with Gasteiger partial charge in [0.2, 0.25) is 0 Å². The smallest absolute Gasteiger partial charge is 0.123 e. The first-order valence-electron chi connectivity index (χ1n) is 5.00. The summed E-state index contributed by atoms with van der Waals surface area (Å²) in [5.41, 5.74) is 0. The molecule has 0 aliphatic rings. The molecule has 2 heteroatoms. The second-order valence-corrected chi connectivity index (χ2v) is 2.56. The van der Waals surface area contributed by atoms with Gasteiger partial charge in [0.15, 0.2) is 0 Å². The Balaban J connectivity index is 0. The van der Waals surface area contributed by atoms with Crippen LogP contribution in [0, 0.1) is 0 Å². The molecule has 0 fully saturated rings. The number of allylic oxidation sites excluding steroid dienone is 4. The van der Waals surface area contributed by atoms with Gasteiger partial charge in [-0.2, -0.15) is 0 Å². The number of hydrogen-bond donors (Lipinski definition) is 0. The molecule has 0 aliphatic heterocycles. The van der Waals surface area contributed by atoms with Crippen molar-refractivity contribution in [1.82, 2.24) is 0 Å². The Morgan fingerprint density at radius 1 is 0.714 bits per heavy atom. The van der Waals surface area contributed by atoms with Crippen LogP contribution in [0.5, 0.6) is 0 Å². The molecule has 0 aromatic heterocycles. The van der Waals surface area contributed by atoms with Crippen LogP contribution in [-0.4, -0.2) is 12.6 Å². The first-order valence-corrected chi connectivity index (χ1v) is 5.00. The first-order chi connectivity index (χ1) is 6.83. The fraction of sp³-hybridized carbons (Fsp3) is 0.500. The monoisotopic (exact) mass is 196 g/mol. The number of carbonyl (C=O) groups is 2. The zero-order valence-electron chi connectivity index (χ0n) is 9.11. The lowest BCUT2D eigenvalue weighted by Gasteiger charge is -1.72. The Morgan fingerprint density at radius 2 is 1.07 bits per heavy atom. The van der Waals surface area contributed by atoms with Crippen molar-refractivity contribution in [1.29, 1.82) is 0 Å². The molecule has 0 atom stereocenters. The van der Waals surface area contributed by atoms with Crippen molar-refractivity contribution in [2.45, 2.75) is 39.5 Å². The van der Waals surface area contributed by atoms with E-state index < -0.39 is 0 Å². The highest BCUT2D eigenvalue weighted by molar-refractivity contribution is 5.52. The van der Waals surface area contributed by atoms with Crippen molar-refractivity contribution >= 4 is 12.6 Å². The average Bonchev–Trinajstić information content (AvgIpc) is 2.21. The Bertz CT molecular complexity index is 149. The highest BCUT2D eigenvalue weighted by atomic mass is 16.1. The van der Waals surface area contributed by atoms with E-state index in [2.05, 4.69) is 0 Å². The van der Waals surface area contributed by atoms with E-state index in [1.165, 1.54) is 0 Å². The Hall–Kier alpha value is -1.18. The molecule has 2 nitrogen and oxygen atoms in total. The third-order valence-electron chi connectivity index (χ3n) is 1.27. The standard InChI is InChI=1S/2C6H10O/c2*1-2-3-4-5-6-7/h2*3-4,6H,2,5H2,1H3/b2*4-3-. The normalized spacial score (nSPS) is 9.86.